The maximum absolute atomic E-state index is 13.9. The molecule has 0 saturated heterocycles. The monoisotopic (exact) mass is 514 g/mol. The van der Waals surface area contributed by atoms with E-state index >= 15 is 0 Å². The summed E-state index contributed by atoms with van der Waals surface area (Å²) in [6, 6.07) is 7.34. The second-order valence-electron chi connectivity index (χ2n) is 5.19. The molecule has 10 heteroatoms. The Balaban J connectivity index is 0.00000364. The van der Waals surface area contributed by atoms with E-state index in [2.05, 4.69) is 25.3 Å². The number of guanidine groups is 1. The summed E-state index contributed by atoms with van der Waals surface area (Å²) in [4.78, 5) is 8.01. The van der Waals surface area contributed by atoms with Gasteiger partial charge in [-0.2, -0.15) is 8.78 Å². The van der Waals surface area contributed by atoms with Crippen molar-refractivity contribution in [2.75, 3.05) is 13.6 Å². The van der Waals surface area contributed by atoms with Crippen molar-refractivity contribution in [1.82, 2.24) is 15.6 Å². The first kappa shape index (κ1) is 23.3. The Morgan fingerprint density at radius 1 is 1.26 bits per heavy atom. The SMILES string of the molecule is CN=C(NCCc1ccc(Cl)nc1)NCc1c(F)cccc1OC(F)F.I. The second-order valence-corrected chi connectivity index (χ2v) is 5.57. The van der Waals surface area contributed by atoms with E-state index in [0.29, 0.717) is 24.1 Å². The van der Waals surface area contributed by atoms with Gasteiger partial charge in [-0.3, -0.25) is 4.99 Å². The highest BCUT2D eigenvalue weighted by Crippen LogP contribution is 2.23. The van der Waals surface area contributed by atoms with Crippen LogP contribution in [0.5, 0.6) is 5.75 Å². The van der Waals surface area contributed by atoms with Crippen LogP contribution in [0.3, 0.4) is 0 Å². The number of nitrogens with one attached hydrogen (secondary N) is 2. The minimum absolute atomic E-state index is 0. The van der Waals surface area contributed by atoms with Crippen molar-refractivity contribution in [2.45, 2.75) is 19.6 Å². The number of pyridine rings is 1. The number of benzene rings is 1. The molecule has 0 bridgehead atoms. The van der Waals surface area contributed by atoms with Crippen molar-refractivity contribution >= 4 is 41.5 Å². The van der Waals surface area contributed by atoms with E-state index in [0.717, 1.165) is 5.56 Å². The van der Waals surface area contributed by atoms with Crippen molar-refractivity contribution in [3.05, 3.63) is 58.6 Å². The molecule has 5 nitrogen and oxygen atoms in total. The Morgan fingerprint density at radius 3 is 2.67 bits per heavy atom. The molecular formula is C17H19ClF3IN4O. The van der Waals surface area contributed by atoms with Crippen molar-refractivity contribution in [1.29, 1.82) is 0 Å². The van der Waals surface area contributed by atoms with Crippen LogP contribution in [0.25, 0.3) is 0 Å². The number of rotatable bonds is 7. The van der Waals surface area contributed by atoms with Gasteiger partial charge in [-0.1, -0.05) is 23.7 Å². The highest BCUT2D eigenvalue weighted by Gasteiger charge is 2.14. The minimum Gasteiger partial charge on any atom is -0.434 e. The van der Waals surface area contributed by atoms with E-state index in [1.165, 1.54) is 18.2 Å². The predicted octanol–water partition coefficient (Wildman–Crippen LogP) is 4.00. The normalized spacial score (nSPS) is 11.1. The van der Waals surface area contributed by atoms with Crippen LogP contribution >= 0.6 is 35.6 Å². The molecule has 0 saturated carbocycles. The summed E-state index contributed by atoms with van der Waals surface area (Å²) >= 11 is 5.73. The highest BCUT2D eigenvalue weighted by molar-refractivity contribution is 14.0. The molecule has 2 N–H and O–H groups in total. The third-order valence-corrected chi connectivity index (χ3v) is 3.67. The van der Waals surface area contributed by atoms with Gasteiger partial charge in [-0.15, -0.1) is 24.0 Å². The zero-order valence-corrected chi connectivity index (χ0v) is 17.5. The van der Waals surface area contributed by atoms with Crippen molar-refractivity contribution < 1.29 is 17.9 Å². The van der Waals surface area contributed by atoms with Crippen LogP contribution in [0.1, 0.15) is 11.1 Å². The van der Waals surface area contributed by atoms with Gasteiger partial charge < -0.3 is 15.4 Å². The summed E-state index contributed by atoms with van der Waals surface area (Å²) in [6.07, 6.45) is 2.35. The summed E-state index contributed by atoms with van der Waals surface area (Å²) in [6.45, 7) is -2.54. The number of aliphatic imine (C=N–C) groups is 1. The third-order valence-electron chi connectivity index (χ3n) is 3.44. The van der Waals surface area contributed by atoms with Crippen LogP contribution in [0, 0.1) is 5.82 Å². The van der Waals surface area contributed by atoms with Gasteiger partial charge in [0.25, 0.3) is 0 Å². The molecule has 148 valence electrons. The molecule has 0 radical (unpaired) electrons. The van der Waals surface area contributed by atoms with E-state index in [1.807, 2.05) is 6.07 Å². The zero-order chi connectivity index (χ0) is 18.9. The molecule has 1 aromatic heterocycles. The van der Waals surface area contributed by atoms with Crippen LogP contribution in [0.2, 0.25) is 5.15 Å². The minimum atomic E-state index is -3.03. The van der Waals surface area contributed by atoms with Crippen molar-refractivity contribution in [2.24, 2.45) is 4.99 Å². The average Bonchev–Trinajstić information content (AvgIpc) is 2.60. The van der Waals surface area contributed by atoms with Crippen molar-refractivity contribution in [3.63, 3.8) is 0 Å². The van der Waals surface area contributed by atoms with Gasteiger partial charge in [0.2, 0.25) is 0 Å². The lowest BCUT2D eigenvalue weighted by Crippen LogP contribution is -2.38. The van der Waals surface area contributed by atoms with E-state index in [4.69, 9.17) is 11.6 Å². The van der Waals surface area contributed by atoms with Gasteiger partial charge in [-0.25, -0.2) is 9.37 Å². The Kier molecular flexibility index (Phi) is 10.2. The fourth-order valence-corrected chi connectivity index (χ4v) is 2.30. The molecule has 0 atom stereocenters. The number of nitrogens with zero attached hydrogens (tertiary/aromatic N) is 2. The molecule has 0 aliphatic carbocycles. The molecule has 2 aromatic rings. The Hall–Kier alpha value is -1.75. The van der Waals surface area contributed by atoms with Crippen LogP contribution in [0.4, 0.5) is 13.2 Å². The summed E-state index contributed by atoms with van der Waals surface area (Å²) in [5, 5.41) is 6.34. The quantitative estimate of drug-likeness (QED) is 0.254. The standard InChI is InChI=1S/C17H18ClF3N4O.HI/c1-22-17(23-8-7-11-5-6-15(18)24-9-11)25-10-12-13(19)3-2-4-14(12)26-16(20)21;/h2-6,9,16H,7-8,10H2,1H3,(H2,22,23,25);1H. The summed E-state index contributed by atoms with van der Waals surface area (Å²) < 4.78 is 43.1. The summed E-state index contributed by atoms with van der Waals surface area (Å²) in [5.41, 5.74) is 0.983. The summed E-state index contributed by atoms with van der Waals surface area (Å²) in [5.74, 6) is -0.452. The van der Waals surface area contributed by atoms with Crippen LogP contribution < -0.4 is 15.4 Å². The number of hydrogen-bond donors (Lipinski definition) is 2. The maximum Gasteiger partial charge on any atom is 0.387 e. The first-order valence-electron chi connectivity index (χ1n) is 7.76. The largest absolute Gasteiger partial charge is 0.434 e. The van der Waals surface area contributed by atoms with E-state index in [1.54, 1.807) is 19.3 Å². The average molecular weight is 515 g/mol. The van der Waals surface area contributed by atoms with Crippen LogP contribution in [-0.4, -0.2) is 31.1 Å². The molecule has 0 spiro atoms. The van der Waals surface area contributed by atoms with Gasteiger partial charge in [0.1, 0.15) is 16.7 Å². The third kappa shape index (κ3) is 7.79. The Bertz CT molecular complexity index is 747. The fourth-order valence-electron chi connectivity index (χ4n) is 2.19. The van der Waals surface area contributed by atoms with Gasteiger partial charge in [0.15, 0.2) is 5.96 Å². The Labute approximate surface area is 177 Å². The molecule has 0 aliphatic heterocycles. The van der Waals surface area contributed by atoms with E-state index < -0.39 is 12.4 Å². The molecular weight excluding hydrogens is 496 g/mol. The van der Waals surface area contributed by atoms with Crippen LogP contribution in [0.15, 0.2) is 41.5 Å². The highest BCUT2D eigenvalue weighted by atomic mass is 127. The maximum atomic E-state index is 13.9. The van der Waals surface area contributed by atoms with Crippen molar-refractivity contribution in [3.8, 4) is 5.75 Å². The molecule has 27 heavy (non-hydrogen) atoms. The predicted molar refractivity (Wildman–Crippen MR) is 110 cm³/mol. The lowest BCUT2D eigenvalue weighted by Gasteiger charge is -2.15. The number of ether oxygens (including phenoxy) is 1. The molecule has 1 aromatic carbocycles. The molecule has 0 amide bonds. The first-order valence-corrected chi connectivity index (χ1v) is 8.14. The van der Waals surface area contributed by atoms with Gasteiger partial charge in [-0.05, 0) is 30.2 Å². The van der Waals surface area contributed by atoms with Gasteiger partial charge in [0.05, 0.1) is 0 Å². The first-order chi connectivity index (χ1) is 12.5. The molecule has 0 unspecified atom stereocenters. The molecule has 0 aliphatic rings. The number of alkyl halides is 2. The topological polar surface area (TPSA) is 58.5 Å². The lowest BCUT2D eigenvalue weighted by molar-refractivity contribution is -0.0506. The molecule has 0 fully saturated rings. The smallest absolute Gasteiger partial charge is 0.387 e. The number of hydrogen-bond acceptors (Lipinski definition) is 3. The number of aromatic nitrogens is 1. The Morgan fingerprint density at radius 2 is 2.04 bits per heavy atom. The van der Waals surface area contributed by atoms with Gasteiger partial charge in [0, 0.05) is 31.9 Å². The zero-order valence-electron chi connectivity index (χ0n) is 14.4. The summed E-state index contributed by atoms with van der Waals surface area (Å²) in [7, 11) is 1.55. The van der Waals surface area contributed by atoms with Gasteiger partial charge >= 0.3 is 6.61 Å². The lowest BCUT2D eigenvalue weighted by atomic mass is 10.2. The van der Waals surface area contributed by atoms with Crippen LogP contribution in [-0.2, 0) is 13.0 Å². The second kappa shape index (κ2) is 11.9. The molecule has 1 heterocycles. The molecule has 2 rings (SSSR count). The van der Waals surface area contributed by atoms with E-state index in [9.17, 15) is 13.2 Å². The fraction of sp³-hybridized carbons (Fsp3) is 0.294. The van der Waals surface area contributed by atoms with E-state index in [-0.39, 0.29) is 41.8 Å². The number of halogens is 5.